The third-order valence-corrected chi connectivity index (χ3v) is 7.08. The molecule has 0 saturated heterocycles. The first kappa shape index (κ1) is 19.7. The predicted molar refractivity (Wildman–Crippen MR) is 118 cm³/mol. The normalized spacial score (nSPS) is 15.4. The molecule has 8 heteroatoms. The van der Waals surface area contributed by atoms with Gasteiger partial charge in [-0.3, -0.25) is 4.79 Å². The number of aromatic nitrogens is 2. The minimum Gasteiger partial charge on any atom is -0.370 e. The minimum absolute atomic E-state index is 0.0403. The Balaban J connectivity index is 1.62. The van der Waals surface area contributed by atoms with Gasteiger partial charge >= 0.3 is 0 Å². The number of fused-ring (bicyclic) bond motifs is 3. The number of benzene rings is 1. The molecule has 2 aromatic heterocycles. The summed E-state index contributed by atoms with van der Waals surface area (Å²) in [4.78, 5) is 24.0. The van der Waals surface area contributed by atoms with E-state index in [1.807, 2.05) is 36.6 Å². The zero-order valence-corrected chi connectivity index (χ0v) is 18.4. The first-order valence-corrected chi connectivity index (χ1v) is 12.0. The molecule has 1 N–H and O–H groups in total. The quantitative estimate of drug-likeness (QED) is 0.349. The Morgan fingerprint density at radius 1 is 1.29 bits per heavy atom. The van der Waals surface area contributed by atoms with Gasteiger partial charge in [-0.15, -0.1) is 11.3 Å². The highest BCUT2D eigenvalue weighted by atomic mass is 32.2. The number of hydrogen-bond acceptors (Lipinski definition) is 7. The topological polar surface area (TPSA) is 64.1 Å². The van der Waals surface area contributed by atoms with E-state index in [1.165, 1.54) is 34.0 Å². The van der Waals surface area contributed by atoms with Gasteiger partial charge in [0.2, 0.25) is 5.91 Å². The molecule has 146 valence electrons. The Kier molecular flexibility index (Phi) is 5.64. The van der Waals surface area contributed by atoms with Crippen LogP contribution in [0.25, 0.3) is 10.2 Å². The summed E-state index contributed by atoms with van der Waals surface area (Å²) >= 11 is 4.67. The maximum atomic E-state index is 12.4. The molecule has 1 amide bonds. The second-order valence-electron chi connectivity index (χ2n) is 7.13. The number of para-hydroxylation sites is 1. The molecular formula is C20H21N3O2S3. The van der Waals surface area contributed by atoms with Crippen molar-refractivity contribution in [2.45, 2.75) is 42.7 Å². The summed E-state index contributed by atoms with van der Waals surface area (Å²) in [5, 5.41) is 5.64. The van der Waals surface area contributed by atoms with Crippen molar-refractivity contribution in [3.8, 4) is 0 Å². The van der Waals surface area contributed by atoms with Crippen LogP contribution in [0.3, 0.4) is 0 Å². The summed E-state index contributed by atoms with van der Waals surface area (Å²) in [5.74, 6) is 0.265. The maximum absolute atomic E-state index is 12.4. The first-order valence-electron chi connectivity index (χ1n) is 8.93. The van der Waals surface area contributed by atoms with E-state index in [2.05, 4.69) is 19.2 Å². The highest BCUT2D eigenvalue weighted by Crippen LogP contribution is 2.42. The molecule has 0 aliphatic carbocycles. The smallest absolute Gasteiger partial charge is 0.234 e. The molecule has 0 unspecified atom stereocenters. The minimum atomic E-state index is -0.203. The van der Waals surface area contributed by atoms with E-state index in [-0.39, 0.29) is 11.5 Å². The van der Waals surface area contributed by atoms with Gasteiger partial charge in [-0.2, -0.15) is 0 Å². The zero-order valence-electron chi connectivity index (χ0n) is 15.9. The van der Waals surface area contributed by atoms with Gasteiger partial charge in [-0.05, 0) is 37.8 Å². The van der Waals surface area contributed by atoms with Crippen LogP contribution >= 0.6 is 34.9 Å². The van der Waals surface area contributed by atoms with Crippen molar-refractivity contribution in [3.05, 3.63) is 40.8 Å². The van der Waals surface area contributed by atoms with Gasteiger partial charge < -0.3 is 10.1 Å². The second kappa shape index (κ2) is 8.02. The van der Waals surface area contributed by atoms with Crippen LogP contribution in [0.15, 0.2) is 40.5 Å². The van der Waals surface area contributed by atoms with Crippen LogP contribution in [0.1, 0.15) is 24.3 Å². The van der Waals surface area contributed by atoms with Crippen molar-refractivity contribution in [2.24, 2.45) is 0 Å². The number of hydrogen-bond donors (Lipinski definition) is 1. The summed E-state index contributed by atoms with van der Waals surface area (Å²) in [5.41, 5.74) is 1.87. The largest absolute Gasteiger partial charge is 0.370 e. The molecule has 4 rings (SSSR count). The highest BCUT2D eigenvalue weighted by molar-refractivity contribution is 8.00. The molecule has 28 heavy (non-hydrogen) atoms. The van der Waals surface area contributed by atoms with Gasteiger partial charge in [-0.1, -0.05) is 41.7 Å². The van der Waals surface area contributed by atoms with Crippen molar-refractivity contribution in [1.29, 1.82) is 0 Å². The van der Waals surface area contributed by atoms with E-state index in [0.29, 0.717) is 12.4 Å². The lowest BCUT2D eigenvalue weighted by Crippen LogP contribution is -2.31. The van der Waals surface area contributed by atoms with Gasteiger partial charge in [0.15, 0.2) is 5.16 Å². The van der Waals surface area contributed by atoms with Crippen LogP contribution in [-0.4, -0.2) is 33.5 Å². The monoisotopic (exact) mass is 431 g/mol. The molecular weight excluding hydrogens is 410 g/mol. The summed E-state index contributed by atoms with van der Waals surface area (Å²) in [6.45, 7) is 4.82. The number of rotatable bonds is 5. The number of anilines is 1. The van der Waals surface area contributed by atoms with Gasteiger partial charge in [0.05, 0.1) is 18.0 Å². The molecule has 1 aliphatic heterocycles. The number of nitrogens with zero attached hydrogens (tertiary/aromatic N) is 2. The van der Waals surface area contributed by atoms with E-state index in [0.717, 1.165) is 32.5 Å². The molecule has 5 nitrogen and oxygen atoms in total. The fourth-order valence-corrected chi connectivity index (χ4v) is 5.64. The van der Waals surface area contributed by atoms with E-state index in [9.17, 15) is 4.79 Å². The highest BCUT2D eigenvalue weighted by Gasteiger charge is 2.31. The Morgan fingerprint density at radius 2 is 2.07 bits per heavy atom. The lowest BCUT2D eigenvalue weighted by Gasteiger charge is -2.30. The molecule has 0 saturated carbocycles. The lowest BCUT2D eigenvalue weighted by atomic mass is 9.95. The van der Waals surface area contributed by atoms with E-state index in [4.69, 9.17) is 14.7 Å². The maximum Gasteiger partial charge on any atom is 0.234 e. The van der Waals surface area contributed by atoms with Crippen LogP contribution in [-0.2, 0) is 22.6 Å². The molecule has 3 aromatic rings. The van der Waals surface area contributed by atoms with E-state index < -0.39 is 0 Å². The van der Waals surface area contributed by atoms with E-state index in [1.54, 1.807) is 11.3 Å². The van der Waals surface area contributed by atoms with Gasteiger partial charge in [0, 0.05) is 22.4 Å². The summed E-state index contributed by atoms with van der Waals surface area (Å²) in [6.07, 6.45) is 2.80. The lowest BCUT2D eigenvalue weighted by molar-refractivity contribution is -0.113. The number of thiophene rings is 1. The Bertz CT molecular complexity index is 1020. The fraction of sp³-hybridized carbons (Fsp3) is 0.350. The number of carbonyl (C=O) groups is 1. The number of ether oxygens (including phenoxy) is 1. The molecule has 3 heterocycles. The van der Waals surface area contributed by atoms with Crippen LogP contribution in [0.5, 0.6) is 0 Å². The average Bonchev–Trinajstić information content (AvgIpc) is 3.03. The van der Waals surface area contributed by atoms with Gasteiger partial charge in [0.1, 0.15) is 9.86 Å². The summed E-state index contributed by atoms with van der Waals surface area (Å²) in [7, 11) is 0. The van der Waals surface area contributed by atoms with Gasteiger partial charge in [-0.25, -0.2) is 9.97 Å². The van der Waals surface area contributed by atoms with Gasteiger partial charge in [0.25, 0.3) is 0 Å². The van der Waals surface area contributed by atoms with Crippen molar-refractivity contribution in [3.63, 3.8) is 0 Å². The van der Waals surface area contributed by atoms with Crippen molar-refractivity contribution >= 4 is 56.7 Å². The molecule has 1 aromatic carbocycles. The number of amides is 1. The molecule has 0 fully saturated rings. The number of nitrogens with one attached hydrogen (secondary N) is 1. The number of carbonyl (C=O) groups excluding carboxylic acids is 1. The molecule has 1 aliphatic rings. The Labute approximate surface area is 176 Å². The SMILES string of the molecule is CSc1nc(SCC(=O)Nc2ccccc2)c2c3c(sc2n1)COC(C)(C)C3. The predicted octanol–water partition coefficient (Wildman–Crippen LogP) is 5.00. The van der Waals surface area contributed by atoms with Crippen LogP contribution in [0.4, 0.5) is 5.69 Å². The zero-order chi connectivity index (χ0) is 19.7. The van der Waals surface area contributed by atoms with Crippen molar-refractivity contribution in [1.82, 2.24) is 9.97 Å². The Hall–Kier alpha value is -1.61. The third-order valence-electron chi connectivity index (χ3n) is 4.46. The van der Waals surface area contributed by atoms with E-state index >= 15 is 0 Å². The molecule has 0 bridgehead atoms. The second-order valence-corrected chi connectivity index (χ2v) is 9.95. The molecule has 0 radical (unpaired) electrons. The number of thioether (sulfide) groups is 2. The summed E-state index contributed by atoms with van der Waals surface area (Å²) in [6, 6.07) is 9.51. The summed E-state index contributed by atoms with van der Waals surface area (Å²) < 4.78 is 5.97. The standard InChI is InChI=1S/C20H21N3O2S3/c1-20(2)9-13-14(10-25-20)28-18-16(13)17(22-19(23-18)26-3)27-11-15(24)21-12-7-5-4-6-8-12/h4-8H,9-11H2,1-3H3,(H,21,24). The Morgan fingerprint density at radius 3 is 2.82 bits per heavy atom. The fourth-order valence-electron chi connectivity index (χ4n) is 3.14. The van der Waals surface area contributed by atoms with Crippen LogP contribution < -0.4 is 5.32 Å². The molecule has 0 spiro atoms. The van der Waals surface area contributed by atoms with Crippen LogP contribution in [0, 0.1) is 0 Å². The van der Waals surface area contributed by atoms with Crippen LogP contribution in [0.2, 0.25) is 0 Å². The van der Waals surface area contributed by atoms with Crippen molar-refractivity contribution < 1.29 is 9.53 Å². The molecule has 0 atom stereocenters. The average molecular weight is 432 g/mol. The first-order chi connectivity index (χ1) is 13.4. The van der Waals surface area contributed by atoms with Crippen molar-refractivity contribution in [2.75, 3.05) is 17.3 Å². The third kappa shape index (κ3) is 4.20.